The lowest BCUT2D eigenvalue weighted by atomic mass is 10.1. The van der Waals surface area contributed by atoms with Gasteiger partial charge in [-0.25, -0.2) is 4.98 Å². The van der Waals surface area contributed by atoms with Crippen molar-refractivity contribution in [3.8, 4) is 0 Å². The van der Waals surface area contributed by atoms with Crippen LogP contribution >= 0.6 is 11.3 Å². The first kappa shape index (κ1) is 14.8. The number of benzene rings is 1. The summed E-state index contributed by atoms with van der Waals surface area (Å²) in [5.74, 6) is 0.107. The van der Waals surface area contributed by atoms with E-state index in [4.69, 9.17) is 0 Å². The summed E-state index contributed by atoms with van der Waals surface area (Å²) in [5.41, 5.74) is 5.00. The van der Waals surface area contributed by atoms with Crippen molar-refractivity contribution in [3.63, 3.8) is 0 Å². The van der Waals surface area contributed by atoms with Crippen LogP contribution in [0.2, 0.25) is 0 Å². The molecule has 2 aliphatic heterocycles. The molecule has 3 heterocycles. The Kier molecular flexibility index (Phi) is 3.91. The van der Waals surface area contributed by atoms with E-state index in [2.05, 4.69) is 46.0 Å². The number of carbonyl (C=O) groups excluding carboxylic acids is 1. The Morgan fingerprint density at radius 2 is 2.00 bits per heavy atom. The molecular weight excluding hydrogens is 306 g/mol. The minimum absolute atomic E-state index is 0.107. The second kappa shape index (κ2) is 6.06. The SMILES string of the molecule is Cc1ccc(CN2CC[C@@H]3[C@@H]2CCN3C(=O)c2cscn2)cc1. The predicted molar refractivity (Wildman–Crippen MR) is 91.5 cm³/mol. The number of nitrogens with zero attached hydrogens (tertiary/aromatic N) is 3. The minimum atomic E-state index is 0.107. The van der Waals surface area contributed by atoms with Crippen molar-refractivity contribution in [1.82, 2.24) is 14.8 Å². The number of hydrogen-bond donors (Lipinski definition) is 0. The molecule has 4 nitrogen and oxygen atoms in total. The molecular formula is C18H21N3OS. The molecule has 2 fully saturated rings. The van der Waals surface area contributed by atoms with E-state index in [1.807, 2.05) is 5.38 Å². The zero-order valence-electron chi connectivity index (χ0n) is 13.3. The van der Waals surface area contributed by atoms with E-state index in [1.54, 1.807) is 5.51 Å². The fraction of sp³-hybridized carbons (Fsp3) is 0.444. The molecule has 2 aliphatic rings. The Balaban J connectivity index is 1.45. The van der Waals surface area contributed by atoms with Gasteiger partial charge in [-0.15, -0.1) is 11.3 Å². The summed E-state index contributed by atoms with van der Waals surface area (Å²) < 4.78 is 0. The van der Waals surface area contributed by atoms with Crippen LogP contribution in [0, 0.1) is 6.92 Å². The summed E-state index contributed by atoms with van der Waals surface area (Å²) in [5, 5.41) is 1.86. The van der Waals surface area contributed by atoms with E-state index in [0.29, 0.717) is 17.8 Å². The smallest absolute Gasteiger partial charge is 0.273 e. The van der Waals surface area contributed by atoms with Crippen LogP contribution in [0.1, 0.15) is 34.5 Å². The molecule has 4 rings (SSSR count). The zero-order chi connectivity index (χ0) is 15.8. The van der Waals surface area contributed by atoms with Gasteiger partial charge in [-0.1, -0.05) is 29.8 Å². The summed E-state index contributed by atoms with van der Waals surface area (Å²) in [6.07, 6.45) is 2.15. The molecule has 2 atom stereocenters. The highest BCUT2D eigenvalue weighted by atomic mass is 32.1. The summed E-state index contributed by atoms with van der Waals surface area (Å²) >= 11 is 1.49. The molecule has 0 radical (unpaired) electrons. The number of aromatic nitrogens is 1. The molecule has 0 bridgehead atoms. The second-order valence-electron chi connectivity index (χ2n) is 6.54. The third kappa shape index (κ3) is 2.79. The quantitative estimate of drug-likeness (QED) is 0.870. The second-order valence-corrected chi connectivity index (χ2v) is 7.26. The number of amides is 1. The van der Waals surface area contributed by atoms with Crippen molar-refractivity contribution < 1.29 is 4.79 Å². The highest BCUT2D eigenvalue weighted by Gasteiger charge is 2.44. The molecule has 23 heavy (non-hydrogen) atoms. The first-order chi connectivity index (χ1) is 11.2. The van der Waals surface area contributed by atoms with E-state index < -0.39 is 0 Å². The van der Waals surface area contributed by atoms with Gasteiger partial charge in [0.2, 0.25) is 0 Å². The third-order valence-corrected chi connectivity index (χ3v) is 5.70. The van der Waals surface area contributed by atoms with Gasteiger partial charge in [0, 0.05) is 37.1 Å². The van der Waals surface area contributed by atoms with Crippen LogP contribution in [-0.2, 0) is 6.54 Å². The predicted octanol–water partition coefficient (Wildman–Crippen LogP) is 2.94. The normalized spacial score (nSPS) is 24.1. The molecule has 1 amide bonds. The van der Waals surface area contributed by atoms with Crippen molar-refractivity contribution >= 4 is 17.2 Å². The Morgan fingerprint density at radius 1 is 1.22 bits per heavy atom. The van der Waals surface area contributed by atoms with E-state index in [9.17, 15) is 4.79 Å². The molecule has 0 unspecified atom stereocenters. The number of likely N-dealkylation sites (tertiary alicyclic amines) is 2. The van der Waals surface area contributed by atoms with Gasteiger partial charge in [0.15, 0.2) is 0 Å². The molecule has 120 valence electrons. The third-order valence-electron chi connectivity index (χ3n) is 5.11. The molecule has 0 spiro atoms. The number of rotatable bonds is 3. The number of aryl methyl sites for hydroxylation is 1. The number of fused-ring (bicyclic) bond motifs is 1. The molecule has 0 saturated carbocycles. The minimum Gasteiger partial charge on any atom is -0.333 e. The molecule has 1 aromatic heterocycles. The first-order valence-electron chi connectivity index (χ1n) is 8.21. The topological polar surface area (TPSA) is 36.4 Å². The maximum atomic E-state index is 12.6. The maximum absolute atomic E-state index is 12.6. The first-order valence-corrected chi connectivity index (χ1v) is 9.15. The van der Waals surface area contributed by atoms with E-state index in [1.165, 1.54) is 22.5 Å². The fourth-order valence-electron chi connectivity index (χ4n) is 3.92. The van der Waals surface area contributed by atoms with Gasteiger partial charge in [0.05, 0.1) is 5.51 Å². The van der Waals surface area contributed by atoms with Crippen LogP contribution in [0.15, 0.2) is 35.2 Å². The molecule has 2 aromatic rings. The summed E-state index contributed by atoms with van der Waals surface area (Å²) in [6.45, 7) is 5.04. The Hall–Kier alpha value is -1.72. The summed E-state index contributed by atoms with van der Waals surface area (Å²) in [7, 11) is 0. The van der Waals surface area contributed by atoms with Crippen molar-refractivity contribution in [3.05, 3.63) is 52.0 Å². The van der Waals surface area contributed by atoms with Crippen LogP contribution in [0.4, 0.5) is 0 Å². The Morgan fingerprint density at radius 3 is 2.74 bits per heavy atom. The number of thiazole rings is 1. The lowest BCUT2D eigenvalue weighted by molar-refractivity contribution is 0.0727. The molecule has 5 heteroatoms. The van der Waals surface area contributed by atoms with Gasteiger partial charge in [-0.2, -0.15) is 0 Å². The average molecular weight is 327 g/mol. The highest BCUT2D eigenvalue weighted by molar-refractivity contribution is 7.07. The standard InChI is InChI=1S/C18H21N3OS/c1-13-2-4-14(5-3-13)10-20-8-6-17-16(20)7-9-21(17)18(22)15-11-23-12-19-15/h2-5,11-12,16-17H,6-10H2,1H3/t16-,17+/m0/s1. The largest absolute Gasteiger partial charge is 0.333 e. The van der Waals surface area contributed by atoms with Gasteiger partial charge in [0.25, 0.3) is 5.91 Å². The van der Waals surface area contributed by atoms with E-state index in [0.717, 1.165) is 32.5 Å². The van der Waals surface area contributed by atoms with Gasteiger partial charge < -0.3 is 4.90 Å². The Bertz CT molecular complexity index is 683. The molecule has 0 N–H and O–H groups in total. The van der Waals surface area contributed by atoms with Crippen LogP contribution in [0.5, 0.6) is 0 Å². The van der Waals surface area contributed by atoms with Crippen LogP contribution in [0.25, 0.3) is 0 Å². The molecule has 0 aliphatic carbocycles. The van der Waals surface area contributed by atoms with Gasteiger partial charge in [0.1, 0.15) is 5.69 Å². The monoisotopic (exact) mass is 327 g/mol. The average Bonchev–Trinajstić information content (AvgIpc) is 3.27. The fourth-order valence-corrected chi connectivity index (χ4v) is 4.44. The molecule has 2 saturated heterocycles. The van der Waals surface area contributed by atoms with Crippen molar-refractivity contribution in [1.29, 1.82) is 0 Å². The van der Waals surface area contributed by atoms with Gasteiger partial charge >= 0.3 is 0 Å². The van der Waals surface area contributed by atoms with Crippen molar-refractivity contribution in [2.75, 3.05) is 13.1 Å². The van der Waals surface area contributed by atoms with Crippen molar-refractivity contribution in [2.45, 2.75) is 38.4 Å². The van der Waals surface area contributed by atoms with Crippen LogP contribution in [0.3, 0.4) is 0 Å². The maximum Gasteiger partial charge on any atom is 0.273 e. The lowest BCUT2D eigenvalue weighted by Gasteiger charge is -2.25. The van der Waals surface area contributed by atoms with Crippen LogP contribution in [-0.4, -0.2) is 45.9 Å². The number of hydrogen-bond acceptors (Lipinski definition) is 4. The highest BCUT2D eigenvalue weighted by Crippen LogP contribution is 2.33. The summed E-state index contributed by atoms with van der Waals surface area (Å²) in [4.78, 5) is 21.4. The van der Waals surface area contributed by atoms with Gasteiger partial charge in [-0.05, 0) is 25.3 Å². The van der Waals surface area contributed by atoms with Crippen molar-refractivity contribution in [2.24, 2.45) is 0 Å². The van der Waals surface area contributed by atoms with Gasteiger partial charge in [-0.3, -0.25) is 9.69 Å². The zero-order valence-corrected chi connectivity index (χ0v) is 14.1. The lowest BCUT2D eigenvalue weighted by Crippen LogP contribution is -2.39. The Labute approximate surface area is 140 Å². The van der Waals surface area contributed by atoms with E-state index in [-0.39, 0.29) is 5.91 Å². The summed E-state index contributed by atoms with van der Waals surface area (Å²) in [6, 6.07) is 9.64. The number of carbonyl (C=O) groups is 1. The van der Waals surface area contributed by atoms with Crippen LogP contribution < -0.4 is 0 Å². The molecule has 1 aromatic carbocycles. The van der Waals surface area contributed by atoms with E-state index >= 15 is 0 Å².